The largest absolute Gasteiger partial charge is 0.232 e. The van der Waals surface area contributed by atoms with Crippen LogP contribution in [0.25, 0.3) is 38.6 Å². The Morgan fingerprint density at radius 2 is 1.64 bits per heavy atom. The standard InChI is InChI=1S/C24H15N3S/c25-16-17-7-4-8-18(15-17)24-21-12-5-11-20(21)23(22-13-6-14-28-22)26-27(24)19-9-2-1-3-10-19/h1-15H. The number of thiophene rings is 1. The Hall–Kier alpha value is -3.68. The fraction of sp³-hybridized carbons (Fsp3) is 0. The van der Waals surface area contributed by atoms with E-state index >= 15 is 0 Å². The van der Waals surface area contributed by atoms with Crippen molar-refractivity contribution < 1.29 is 0 Å². The Balaban J connectivity index is 1.88. The molecule has 3 nitrogen and oxygen atoms in total. The third-order valence-electron chi connectivity index (χ3n) is 4.76. The number of rotatable bonds is 3. The molecule has 2 heterocycles. The zero-order chi connectivity index (χ0) is 18.9. The minimum atomic E-state index is 0.638. The maximum atomic E-state index is 9.37. The molecule has 0 spiro atoms. The van der Waals surface area contributed by atoms with Gasteiger partial charge in [0.2, 0.25) is 0 Å². The van der Waals surface area contributed by atoms with Crippen LogP contribution in [0.3, 0.4) is 0 Å². The van der Waals surface area contributed by atoms with Gasteiger partial charge in [-0.3, -0.25) is 0 Å². The Morgan fingerprint density at radius 1 is 0.821 bits per heavy atom. The smallest absolute Gasteiger partial charge is 0.109 e. The van der Waals surface area contributed by atoms with Crippen LogP contribution in [-0.2, 0) is 0 Å². The second kappa shape index (κ2) is 6.80. The molecule has 4 heteroatoms. The molecule has 0 fully saturated rings. The molecule has 28 heavy (non-hydrogen) atoms. The van der Waals surface area contributed by atoms with Crippen LogP contribution >= 0.6 is 11.3 Å². The van der Waals surface area contributed by atoms with Gasteiger partial charge in [-0.1, -0.05) is 54.6 Å². The van der Waals surface area contributed by atoms with Gasteiger partial charge in [0.25, 0.3) is 0 Å². The number of aromatic nitrogens is 2. The van der Waals surface area contributed by atoms with Crippen LogP contribution in [0.5, 0.6) is 0 Å². The van der Waals surface area contributed by atoms with Gasteiger partial charge in [0.1, 0.15) is 5.69 Å². The summed E-state index contributed by atoms with van der Waals surface area (Å²) in [4.78, 5) is 1.14. The fourth-order valence-corrected chi connectivity index (χ4v) is 4.24. The maximum absolute atomic E-state index is 9.37. The molecule has 0 unspecified atom stereocenters. The third kappa shape index (κ3) is 2.70. The molecule has 1 aliphatic carbocycles. The highest BCUT2D eigenvalue weighted by molar-refractivity contribution is 7.13. The number of hydrogen-bond acceptors (Lipinski definition) is 3. The van der Waals surface area contributed by atoms with Crippen molar-refractivity contribution in [1.82, 2.24) is 9.78 Å². The van der Waals surface area contributed by atoms with Crippen molar-refractivity contribution in [1.29, 1.82) is 5.26 Å². The van der Waals surface area contributed by atoms with Gasteiger partial charge in [0.05, 0.1) is 27.9 Å². The summed E-state index contributed by atoms with van der Waals surface area (Å²) in [5.74, 6) is 0. The SMILES string of the molecule is N#Cc1cccc(-c2c3cccc-3c(-c3cccs3)nn2-c2ccccc2)c1. The molecule has 1 aliphatic heterocycles. The minimum absolute atomic E-state index is 0.638. The highest BCUT2D eigenvalue weighted by Crippen LogP contribution is 2.41. The van der Waals surface area contributed by atoms with Crippen molar-refractivity contribution in [3.05, 3.63) is 95.9 Å². The number of nitrogens with zero attached hydrogens (tertiary/aromatic N) is 3. The summed E-state index contributed by atoms with van der Waals surface area (Å²) in [6.07, 6.45) is 0. The first-order chi connectivity index (χ1) is 13.8. The number of para-hydroxylation sites is 1. The average Bonchev–Trinajstić information content (AvgIpc) is 3.45. The summed E-state index contributed by atoms with van der Waals surface area (Å²) >= 11 is 1.69. The number of hydrogen-bond donors (Lipinski definition) is 0. The number of fused-ring (bicyclic) bond motifs is 1. The normalized spacial score (nSPS) is 10.8. The molecule has 0 amide bonds. The van der Waals surface area contributed by atoms with E-state index in [0.717, 1.165) is 38.6 Å². The van der Waals surface area contributed by atoms with Crippen LogP contribution in [0.1, 0.15) is 5.56 Å². The maximum Gasteiger partial charge on any atom is 0.109 e. The van der Waals surface area contributed by atoms with E-state index in [1.165, 1.54) is 0 Å². The molecule has 0 saturated carbocycles. The van der Waals surface area contributed by atoms with Gasteiger partial charge in [-0.25, -0.2) is 4.68 Å². The van der Waals surface area contributed by atoms with Crippen LogP contribution in [0.15, 0.2) is 90.3 Å². The summed E-state index contributed by atoms with van der Waals surface area (Å²) in [7, 11) is 0. The lowest BCUT2D eigenvalue weighted by molar-refractivity contribution is 0.861. The Morgan fingerprint density at radius 3 is 2.43 bits per heavy atom. The van der Waals surface area contributed by atoms with Crippen LogP contribution < -0.4 is 0 Å². The molecule has 0 bridgehead atoms. The van der Waals surface area contributed by atoms with E-state index in [9.17, 15) is 5.26 Å². The van der Waals surface area contributed by atoms with Crippen molar-refractivity contribution in [3.8, 4) is 44.7 Å². The molecule has 1 aromatic heterocycles. The molecule has 0 N–H and O–H groups in total. The van der Waals surface area contributed by atoms with Gasteiger partial charge in [-0.05, 0) is 35.7 Å². The molecular formula is C24H15N3S. The molecular weight excluding hydrogens is 362 g/mol. The third-order valence-corrected chi connectivity index (χ3v) is 5.64. The van der Waals surface area contributed by atoms with E-state index in [-0.39, 0.29) is 0 Å². The predicted octanol–water partition coefficient (Wildman–Crippen LogP) is 6.24. The first kappa shape index (κ1) is 16.5. The number of benzene rings is 2. The lowest BCUT2D eigenvalue weighted by Crippen LogP contribution is -2.09. The molecule has 2 aromatic carbocycles. The summed E-state index contributed by atoms with van der Waals surface area (Å²) < 4.78 is 1.99. The van der Waals surface area contributed by atoms with Crippen molar-refractivity contribution >= 4 is 11.3 Å². The lowest BCUT2D eigenvalue weighted by Gasteiger charge is -2.20. The Bertz CT molecular complexity index is 1260. The first-order valence-corrected chi connectivity index (χ1v) is 9.85. The fourth-order valence-electron chi connectivity index (χ4n) is 3.52. The Kier molecular flexibility index (Phi) is 4.01. The van der Waals surface area contributed by atoms with Crippen LogP contribution in [0.4, 0.5) is 0 Å². The van der Waals surface area contributed by atoms with Gasteiger partial charge >= 0.3 is 0 Å². The van der Waals surface area contributed by atoms with Crippen molar-refractivity contribution in [2.75, 3.05) is 0 Å². The van der Waals surface area contributed by atoms with Crippen LogP contribution in [0.2, 0.25) is 0 Å². The molecule has 5 rings (SSSR count). The first-order valence-electron chi connectivity index (χ1n) is 8.97. The quantitative estimate of drug-likeness (QED) is 0.373. The molecule has 2 aliphatic rings. The Labute approximate surface area is 167 Å². The summed E-state index contributed by atoms with van der Waals surface area (Å²) in [5, 5.41) is 16.5. The highest BCUT2D eigenvalue weighted by atomic mass is 32.1. The van der Waals surface area contributed by atoms with Crippen LogP contribution in [0, 0.1) is 11.3 Å². The highest BCUT2D eigenvalue weighted by Gasteiger charge is 2.22. The topological polar surface area (TPSA) is 41.6 Å². The average molecular weight is 377 g/mol. The summed E-state index contributed by atoms with van der Waals surface area (Å²) in [6, 6.07) is 30.5. The van der Waals surface area contributed by atoms with Crippen LogP contribution in [-0.4, -0.2) is 9.78 Å². The summed E-state index contributed by atoms with van der Waals surface area (Å²) in [6.45, 7) is 0. The second-order valence-corrected chi connectivity index (χ2v) is 7.42. The van der Waals surface area contributed by atoms with Crippen molar-refractivity contribution in [3.63, 3.8) is 0 Å². The monoisotopic (exact) mass is 377 g/mol. The second-order valence-electron chi connectivity index (χ2n) is 6.47. The molecule has 3 aromatic rings. The molecule has 0 saturated heterocycles. The summed E-state index contributed by atoms with van der Waals surface area (Å²) in [5.41, 5.74) is 6.80. The van der Waals surface area contributed by atoms with Gasteiger partial charge in [-0.2, -0.15) is 10.4 Å². The molecule has 0 radical (unpaired) electrons. The molecule has 0 atom stereocenters. The van der Waals surface area contributed by atoms with Crippen molar-refractivity contribution in [2.45, 2.75) is 0 Å². The van der Waals surface area contributed by atoms with E-state index in [2.05, 4.69) is 47.8 Å². The van der Waals surface area contributed by atoms with Gasteiger partial charge < -0.3 is 0 Å². The lowest BCUT2D eigenvalue weighted by atomic mass is 9.99. The van der Waals surface area contributed by atoms with Gasteiger partial charge in [0, 0.05) is 16.7 Å². The zero-order valence-electron chi connectivity index (χ0n) is 14.9. The predicted molar refractivity (Wildman–Crippen MR) is 114 cm³/mol. The van der Waals surface area contributed by atoms with Crippen molar-refractivity contribution in [2.24, 2.45) is 0 Å². The van der Waals surface area contributed by atoms with E-state index in [1.54, 1.807) is 11.3 Å². The zero-order valence-corrected chi connectivity index (χ0v) is 15.7. The van der Waals surface area contributed by atoms with Gasteiger partial charge in [0.15, 0.2) is 0 Å². The van der Waals surface area contributed by atoms with E-state index in [1.807, 2.05) is 53.2 Å². The van der Waals surface area contributed by atoms with Gasteiger partial charge in [-0.15, -0.1) is 11.3 Å². The minimum Gasteiger partial charge on any atom is -0.232 e. The number of nitriles is 1. The van der Waals surface area contributed by atoms with E-state index in [4.69, 9.17) is 5.10 Å². The van der Waals surface area contributed by atoms with E-state index in [0.29, 0.717) is 5.56 Å². The van der Waals surface area contributed by atoms with E-state index < -0.39 is 0 Å². The molecule has 132 valence electrons.